The topological polar surface area (TPSA) is 154 Å². The average molecular weight is 559 g/mol. The minimum atomic E-state index is -1.06. The Bertz CT molecular complexity index is 466. The monoisotopic (exact) mass is 558 g/mol. The fourth-order valence-corrected chi connectivity index (χ4v) is 2.49. The second-order valence-corrected chi connectivity index (χ2v) is 7.46. The standard InChI is InChI=1S/C24H50N2O12/c1-25-2-4-29-6-8-31-10-12-33-14-16-35-18-20-37-22-23-38-21-19-36-17-15-34-13-11-32-9-7-30-5-3-26-24(27)28/h25-26H,2-23H2,1H3,(H,27,28). The summed E-state index contributed by atoms with van der Waals surface area (Å²) in [4.78, 5) is 10.2. The highest BCUT2D eigenvalue weighted by Crippen LogP contribution is 1.86. The molecule has 3 N–H and O–H groups in total. The molecular formula is C24H50N2O12. The predicted octanol–water partition coefficient (Wildman–Crippen LogP) is -0.361. The zero-order chi connectivity index (χ0) is 27.6. The maximum absolute atomic E-state index is 10.2. The molecule has 0 bridgehead atoms. The molecule has 0 saturated heterocycles. The van der Waals surface area contributed by atoms with Crippen molar-refractivity contribution in [2.45, 2.75) is 0 Å². The summed E-state index contributed by atoms with van der Waals surface area (Å²) >= 11 is 0. The second kappa shape index (κ2) is 33.9. The molecule has 1 amide bonds. The van der Waals surface area contributed by atoms with Crippen LogP contribution in [-0.4, -0.2) is 163 Å². The third kappa shape index (κ3) is 34.8. The number of carbonyl (C=O) groups is 1. The fourth-order valence-electron chi connectivity index (χ4n) is 2.49. The van der Waals surface area contributed by atoms with Gasteiger partial charge < -0.3 is 63.1 Å². The summed E-state index contributed by atoms with van der Waals surface area (Å²) in [6.45, 7) is 11.1. The Morgan fingerprint density at radius 3 is 0.842 bits per heavy atom. The number of rotatable bonds is 33. The van der Waals surface area contributed by atoms with Crippen molar-refractivity contribution < 1.29 is 57.3 Å². The van der Waals surface area contributed by atoms with Crippen molar-refractivity contribution in [1.82, 2.24) is 10.6 Å². The first-order valence-corrected chi connectivity index (χ1v) is 13.2. The largest absolute Gasteiger partial charge is 0.465 e. The minimum Gasteiger partial charge on any atom is -0.465 e. The van der Waals surface area contributed by atoms with Crippen LogP contribution in [0.5, 0.6) is 0 Å². The van der Waals surface area contributed by atoms with Crippen molar-refractivity contribution in [3.63, 3.8) is 0 Å². The van der Waals surface area contributed by atoms with Crippen LogP contribution in [-0.2, 0) is 47.4 Å². The van der Waals surface area contributed by atoms with Gasteiger partial charge in [-0.2, -0.15) is 0 Å². The highest BCUT2D eigenvalue weighted by molar-refractivity contribution is 5.64. The minimum absolute atomic E-state index is 0.261. The van der Waals surface area contributed by atoms with E-state index in [1.54, 1.807) is 0 Å². The Kier molecular flexibility index (Phi) is 32.8. The molecule has 14 heteroatoms. The molecule has 0 aliphatic heterocycles. The summed E-state index contributed by atoms with van der Waals surface area (Å²) in [6, 6.07) is 0. The van der Waals surface area contributed by atoms with E-state index in [9.17, 15) is 4.79 Å². The molecule has 0 heterocycles. The quantitative estimate of drug-likeness (QED) is 0.0899. The van der Waals surface area contributed by atoms with Gasteiger partial charge in [0, 0.05) is 13.1 Å². The van der Waals surface area contributed by atoms with Crippen LogP contribution >= 0.6 is 0 Å². The van der Waals surface area contributed by atoms with Crippen LogP contribution in [0.1, 0.15) is 0 Å². The van der Waals surface area contributed by atoms with Gasteiger partial charge in [-0.25, -0.2) is 4.79 Å². The predicted molar refractivity (Wildman–Crippen MR) is 138 cm³/mol. The lowest BCUT2D eigenvalue weighted by atomic mass is 10.6. The Morgan fingerprint density at radius 2 is 0.632 bits per heavy atom. The van der Waals surface area contributed by atoms with E-state index in [1.165, 1.54) is 0 Å². The van der Waals surface area contributed by atoms with Crippen molar-refractivity contribution in [3.05, 3.63) is 0 Å². The second-order valence-electron chi connectivity index (χ2n) is 7.46. The van der Waals surface area contributed by atoms with E-state index in [4.69, 9.17) is 52.5 Å². The SMILES string of the molecule is CNCCOCCOCCOCCOCCOCCOCCOCCOCCOCCOCCNC(=O)O. The third-order valence-electron chi connectivity index (χ3n) is 4.37. The molecule has 0 aromatic heterocycles. The van der Waals surface area contributed by atoms with Gasteiger partial charge in [0.05, 0.1) is 132 Å². The van der Waals surface area contributed by atoms with E-state index in [1.807, 2.05) is 7.05 Å². The van der Waals surface area contributed by atoms with Gasteiger partial charge in [-0.15, -0.1) is 0 Å². The van der Waals surface area contributed by atoms with Gasteiger partial charge in [0.2, 0.25) is 0 Å². The van der Waals surface area contributed by atoms with Gasteiger partial charge in [-0.1, -0.05) is 0 Å². The van der Waals surface area contributed by atoms with Crippen molar-refractivity contribution in [1.29, 1.82) is 0 Å². The van der Waals surface area contributed by atoms with Crippen LogP contribution in [0.2, 0.25) is 0 Å². The van der Waals surface area contributed by atoms with Crippen LogP contribution in [0.4, 0.5) is 4.79 Å². The lowest BCUT2D eigenvalue weighted by molar-refractivity contribution is -0.0263. The first kappa shape index (κ1) is 36.8. The van der Waals surface area contributed by atoms with Gasteiger partial charge >= 0.3 is 6.09 Å². The summed E-state index contributed by atoms with van der Waals surface area (Å²) in [6.07, 6.45) is -1.06. The van der Waals surface area contributed by atoms with Gasteiger partial charge in [0.25, 0.3) is 0 Å². The molecule has 0 aliphatic carbocycles. The zero-order valence-corrected chi connectivity index (χ0v) is 23.0. The summed E-state index contributed by atoms with van der Waals surface area (Å²) in [5.74, 6) is 0. The Balaban J connectivity index is 3.02. The van der Waals surface area contributed by atoms with E-state index in [2.05, 4.69) is 10.6 Å². The van der Waals surface area contributed by atoms with Gasteiger partial charge in [0.1, 0.15) is 0 Å². The molecule has 0 aromatic rings. The number of carboxylic acid groups (broad SMARTS) is 1. The van der Waals surface area contributed by atoms with E-state index < -0.39 is 6.09 Å². The van der Waals surface area contributed by atoms with Crippen molar-refractivity contribution in [3.8, 4) is 0 Å². The maximum atomic E-state index is 10.2. The van der Waals surface area contributed by atoms with Crippen LogP contribution < -0.4 is 10.6 Å². The number of amides is 1. The number of ether oxygens (including phenoxy) is 10. The van der Waals surface area contributed by atoms with Gasteiger partial charge in [0.15, 0.2) is 0 Å². The Hall–Kier alpha value is -1.17. The summed E-state index contributed by atoms with van der Waals surface area (Å²) in [5.41, 5.74) is 0. The van der Waals surface area contributed by atoms with E-state index in [-0.39, 0.29) is 6.54 Å². The molecule has 0 saturated carbocycles. The average Bonchev–Trinajstić information content (AvgIpc) is 2.91. The number of nitrogens with one attached hydrogen (secondary N) is 2. The van der Waals surface area contributed by atoms with Crippen LogP contribution in [0, 0.1) is 0 Å². The zero-order valence-electron chi connectivity index (χ0n) is 23.0. The van der Waals surface area contributed by atoms with Crippen LogP contribution in [0.3, 0.4) is 0 Å². The molecule has 14 nitrogen and oxygen atoms in total. The van der Waals surface area contributed by atoms with E-state index in [0.717, 1.165) is 6.54 Å². The lowest BCUT2D eigenvalue weighted by Crippen LogP contribution is -2.25. The summed E-state index contributed by atoms with van der Waals surface area (Å²) in [5, 5.41) is 13.6. The highest BCUT2D eigenvalue weighted by Gasteiger charge is 1.96. The normalized spacial score (nSPS) is 11.3. The fraction of sp³-hybridized carbons (Fsp3) is 0.958. The summed E-state index contributed by atoms with van der Waals surface area (Å²) < 4.78 is 53.8. The number of hydrogen-bond donors (Lipinski definition) is 3. The van der Waals surface area contributed by atoms with Crippen molar-refractivity contribution in [2.24, 2.45) is 0 Å². The van der Waals surface area contributed by atoms with Crippen molar-refractivity contribution in [2.75, 3.05) is 152 Å². The molecule has 0 radical (unpaired) electrons. The molecular weight excluding hydrogens is 508 g/mol. The molecule has 0 aromatic carbocycles. The highest BCUT2D eigenvalue weighted by atomic mass is 16.6. The molecule has 0 atom stereocenters. The molecule has 0 aliphatic rings. The molecule has 0 unspecified atom stereocenters. The molecule has 228 valence electrons. The Labute approximate surface area is 226 Å². The van der Waals surface area contributed by atoms with Gasteiger partial charge in [-0.3, -0.25) is 0 Å². The third-order valence-corrected chi connectivity index (χ3v) is 4.37. The first-order chi connectivity index (χ1) is 18.8. The van der Waals surface area contributed by atoms with Crippen LogP contribution in [0.15, 0.2) is 0 Å². The van der Waals surface area contributed by atoms with Crippen LogP contribution in [0.25, 0.3) is 0 Å². The number of likely N-dealkylation sites (N-methyl/N-ethyl adjacent to an activating group) is 1. The van der Waals surface area contributed by atoms with E-state index >= 15 is 0 Å². The smallest absolute Gasteiger partial charge is 0.404 e. The maximum Gasteiger partial charge on any atom is 0.404 e. The molecule has 38 heavy (non-hydrogen) atoms. The first-order valence-electron chi connectivity index (χ1n) is 13.2. The molecule has 0 fully saturated rings. The Morgan fingerprint density at radius 1 is 0.421 bits per heavy atom. The molecule has 0 rings (SSSR count). The van der Waals surface area contributed by atoms with E-state index in [0.29, 0.717) is 132 Å². The lowest BCUT2D eigenvalue weighted by Gasteiger charge is -2.09. The molecule has 0 spiro atoms. The summed E-state index contributed by atoms with van der Waals surface area (Å²) in [7, 11) is 1.89. The number of hydrogen-bond acceptors (Lipinski definition) is 12. The van der Waals surface area contributed by atoms with Gasteiger partial charge in [-0.05, 0) is 7.05 Å². The van der Waals surface area contributed by atoms with Crippen molar-refractivity contribution >= 4 is 6.09 Å².